The van der Waals surface area contributed by atoms with Gasteiger partial charge in [0.25, 0.3) is 0 Å². The first-order valence-corrected chi connectivity index (χ1v) is 5.89. The maximum atomic E-state index is 11.3. The number of hydrogen-bond donors (Lipinski definition) is 0. The number of ether oxygens (including phenoxy) is 2. The van der Waals surface area contributed by atoms with Crippen LogP contribution in [0.15, 0.2) is 12.3 Å². The van der Waals surface area contributed by atoms with Gasteiger partial charge in [-0.2, -0.15) is 5.10 Å². The summed E-state index contributed by atoms with van der Waals surface area (Å²) in [5.41, 5.74) is 1.03. The number of aryl methyl sites for hydroxylation is 1. The number of methoxy groups -OCH3 is 2. The first-order chi connectivity index (χ1) is 9.06. The fraction of sp³-hybridized carbons (Fsp3) is 0.583. The van der Waals surface area contributed by atoms with Crippen molar-refractivity contribution in [2.45, 2.75) is 6.42 Å². The van der Waals surface area contributed by atoms with Gasteiger partial charge in [-0.15, -0.1) is 0 Å². The first kappa shape index (κ1) is 15.2. The van der Waals surface area contributed by atoms with E-state index in [2.05, 4.69) is 14.6 Å². The molecule has 0 aliphatic heterocycles. The van der Waals surface area contributed by atoms with Crippen molar-refractivity contribution in [2.24, 2.45) is 7.05 Å². The molecule has 0 unspecified atom stereocenters. The Morgan fingerprint density at radius 2 is 1.84 bits per heavy atom. The molecule has 1 heterocycles. The number of carbonyl (C=O) groups is 2. The smallest absolute Gasteiger partial charge is 0.319 e. The summed E-state index contributed by atoms with van der Waals surface area (Å²) in [4.78, 5) is 24.3. The molecule has 0 atom stereocenters. The van der Waals surface area contributed by atoms with Crippen LogP contribution in [0.1, 0.15) is 5.69 Å². The highest BCUT2D eigenvalue weighted by Crippen LogP contribution is 2.01. The van der Waals surface area contributed by atoms with Crippen molar-refractivity contribution in [3.63, 3.8) is 0 Å². The minimum Gasteiger partial charge on any atom is -0.468 e. The van der Waals surface area contributed by atoms with Crippen LogP contribution < -0.4 is 0 Å². The van der Waals surface area contributed by atoms with Gasteiger partial charge in [-0.25, -0.2) is 0 Å². The molecule has 0 radical (unpaired) electrons. The van der Waals surface area contributed by atoms with Gasteiger partial charge in [0.1, 0.15) is 0 Å². The summed E-state index contributed by atoms with van der Waals surface area (Å²) >= 11 is 0. The van der Waals surface area contributed by atoms with Gasteiger partial charge < -0.3 is 9.47 Å². The van der Waals surface area contributed by atoms with Crippen molar-refractivity contribution in [3.05, 3.63) is 18.0 Å². The third kappa shape index (κ3) is 5.09. The van der Waals surface area contributed by atoms with E-state index in [4.69, 9.17) is 0 Å². The van der Waals surface area contributed by atoms with E-state index in [9.17, 15) is 9.59 Å². The maximum Gasteiger partial charge on any atom is 0.319 e. The molecule has 0 spiro atoms. The van der Waals surface area contributed by atoms with Crippen LogP contribution in [0, 0.1) is 0 Å². The van der Waals surface area contributed by atoms with E-state index in [1.54, 1.807) is 15.8 Å². The Hall–Kier alpha value is -1.89. The zero-order valence-corrected chi connectivity index (χ0v) is 11.5. The molecule has 0 saturated heterocycles. The summed E-state index contributed by atoms with van der Waals surface area (Å²) in [6.45, 7) is 0.663. The van der Waals surface area contributed by atoms with Crippen LogP contribution in [0.4, 0.5) is 0 Å². The minimum absolute atomic E-state index is 0.0590. The Morgan fingerprint density at radius 1 is 1.26 bits per heavy atom. The molecular formula is C12H19N3O4. The zero-order chi connectivity index (χ0) is 14.3. The molecule has 0 aliphatic carbocycles. The van der Waals surface area contributed by atoms with Crippen molar-refractivity contribution < 1.29 is 19.1 Å². The average molecular weight is 269 g/mol. The van der Waals surface area contributed by atoms with E-state index in [-0.39, 0.29) is 25.0 Å². The second-order valence-corrected chi connectivity index (χ2v) is 4.06. The predicted octanol–water partition coefficient (Wildman–Crippen LogP) is -0.389. The quantitative estimate of drug-likeness (QED) is 0.628. The van der Waals surface area contributed by atoms with Crippen molar-refractivity contribution in [1.29, 1.82) is 0 Å². The highest BCUT2D eigenvalue weighted by atomic mass is 16.5. The normalized spacial score (nSPS) is 10.5. The summed E-state index contributed by atoms with van der Waals surface area (Å²) in [6.07, 6.45) is 2.39. The number of rotatable bonds is 7. The van der Waals surface area contributed by atoms with E-state index in [1.165, 1.54) is 14.2 Å². The van der Waals surface area contributed by atoms with E-state index >= 15 is 0 Å². The summed E-state index contributed by atoms with van der Waals surface area (Å²) in [7, 11) is 4.49. The number of hydrogen-bond acceptors (Lipinski definition) is 6. The molecule has 7 heteroatoms. The van der Waals surface area contributed by atoms with Gasteiger partial charge >= 0.3 is 11.9 Å². The Bertz CT molecular complexity index is 412. The van der Waals surface area contributed by atoms with E-state index < -0.39 is 0 Å². The largest absolute Gasteiger partial charge is 0.468 e. The molecule has 19 heavy (non-hydrogen) atoms. The zero-order valence-electron chi connectivity index (χ0n) is 11.5. The van der Waals surface area contributed by atoms with Crippen molar-refractivity contribution in [2.75, 3.05) is 33.9 Å². The fourth-order valence-corrected chi connectivity index (χ4v) is 1.63. The topological polar surface area (TPSA) is 73.7 Å². The Kier molecular flexibility index (Phi) is 6.01. The molecule has 0 saturated carbocycles. The van der Waals surface area contributed by atoms with Crippen LogP contribution >= 0.6 is 0 Å². The predicted molar refractivity (Wildman–Crippen MR) is 67.4 cm³/mol. The molecule has 1 aromatic heterocycles. The summed E-state index contributed by atoms with van der Waals surface area (Å²) in [5, 5.41) is 4.06. The number of nitrogens with zero attached hydrogens (tertiary/aromatic N) is 3. The summed E-state index contributed by atoms with van der Waals surface area (Å²) in [5.74, 6) is -0.761. The van der Waals surface area contributed by atoms with Crippen molar-refractivity contribution in [1.82, 2.24) is 14.7 Å². The SMILES string of the molecule is COC(=O)CN(CCc1ccnn1C)CC(=O)OC. The van der Waals surface area contributed by atoms with Crippen LogP contribution in [0.2, 0.25) is 0 Å². The number of esters is 2. The minimum atomic E-state index is -0.381. The average Bonchev–Trinajstić information content (AvgIpc) is 2.81. The number of carbonyl (C=O) groups excluding carboxylic acids is 2. The number of aromatic nitrogens is 2. The molecular weight excluding hydrogens is 250 g/mol. The van der Waals surface area contributed by atoms with Crippen LogP contribution in [-0.4, -0.2) is 60.5 Å². The monoisotopic (exact) mass is 269 g/mol. The first-order valence-electron chi connectivity index (χ1n) is 5.89. The van der Waals surface area contributed by atoms with Gasteiger partial charge in [0, 0.05) is 31.9 Å². The van der Waals surface area contributed by atoms with Gasteiger partial charge in [-0.1, -0.05) is 0 Å². The van der Waals surface area contributed by atoms with Crippen LogP contribution in [-0.2, 0) is 32.5 Å². The molecule has 0 aromatic carbocycles. The van der Waals surface area contributed by atoms with E-state index in [1.807, 2.05) is 13.1 Å². The molecule has 1 aromatic rings. The molecule has 0 bridgehead atoms. The lowest BCUT2D eigenvalue weighted by Gasteiger charge is -2.19. The molecule has 1 rings (SSSR count). The molecule has 106 valence electrons. The lowest BCUT2D eigenvalue weighted by atomic mass is 10.3. The molecule has 0 N–H and O–H groups in total. The second-order valence-electron chi connectivity index (χ2n) is 4.06. The highest BCUT2D eigenvalue weighted by Gasteiger charge is 2.15. The fourth-order valence-electron chi connectivity index (χ4n) is 1.63. The summed E-state index contributed by atoms with van der Waals surface area (Å²) < 4.78 is 11.0. The highest BCUT2D eigenvalue weighted by molar-refractivity contribution is 5.74. The Morgan fingerprint density at radius 3 is 2.26 bits per heavy atom. The maximum absolute atomic E-state index is 11.3. The standard InChI is InChI=1S/C12H19N3O4/c1-14-10(4-6-13-14)5-7-15(8-11(16)18-2)9-12(17)19-3/h4,6H,5,7-9H2,1-3H3. The Balaban J connectivity index is 2.55. The van der Waals surface area contributed by atoms with Gasteiger partial charge in [0.05, 0.1) is 27.3 Å². The van der Waals surface area contributed by atoms with Gasteiger partial charge in [0.2, 0.25) is 0 Å². The molecule has 0 aliphatic rings. The van der Waals surface area contributed by atoms with Crippen molar-refractivity contribution >= 4 is 11.9 Å². The van der Waals surface area contributed by atoms with Crippen LogP contribution in [0.5, 0.6) is 0 Å². The van der Waals surface area contributed by atoms with Crippen molar-refractivity contribution in [3.8, 4) is 0 Å². The van der Waals surface area contributed by atoms with E-state index in [0.717, 1.165) is 5.69 Å². The van der Waals surface area contributed by atoms with Gasteiger partial charge in [0.15, 0.2) is 0 Å². The lowest BCUT2D eigenvalue weighted by Crippen LogP contribution is -2.37. The molecule has 7 nitrogen and oxygen atoms in total. The Labute approximate surface area is 112 Å². The van der Waals surface area contributed by atoms with Crippen LogP contribution in [0.3, 0.4) is 0 Å². The van der Waals surface area contributed by atoms with E-state index in [0.29, 0.717) is 13.0 Å². The van der Waals surface area contributed by atoms with Gasteiger partial charge in [-0.05, 0) is 6.07 Å². The lowest BCUT2D eigenvalue weighted by molar-refractivity contribution is -0.145. The van der Waals surface area contributed by atoms with Crippen LogP contribution in [0.25, 0.3) is 0 Å². The molecule has 0 fully saturated rings. The third-order valence-electron chi connectivity index (χ3n) is 2.77. The molecule has 0 amide bonds. The summed E-state index contributed by atoms with van der Waals surface area (Å²) in [6, 6.07) is 1.90. The van der Waals surface area contributed by atoms with Gasteiger partial charge in [-0.3, -0.25) is 19.2 Å². The second kappa shape index (κ2) is 7.52. The third-order valence-corrected chi connectivity index (χ3v) is 2.77.